The number of benzene rings is 2. The quantitative estimate of drug-likeness (QED) is 0.724. The summed E-state index contributed by atoms with van der Waals surface area (Å²) >= 11 is 1.55. The molecule has 0 atom stereocenters. The third-order valence-electron chi connectivity index (χ3n) is 3.45. The predicted molar refractivity (Wildman–Crippen MR) is 86.9 cm³/mol. The number of methoxy groups -OCH3 is 1. The average molecular weight is 314 g/mol. The lowest BCUT2D eigenvalue weighted by Crippen LogP contribution is -2.03. The number of Topliss-reactive ketones (excluding diaryl/α,β-unsaturated/α-hetero) is 1. The maximum Gasteiger partial charge on any atom is 0.188 e. The predicted octanol–water partition coefficient (Wildman–Crippen LogP) is 3.46. The molecule has 0 amide bonds. The first-order valence-corrected chi connectivity index (χ1v) is 7.49. The highest BCUT2D eigenvalue weighted by Crippen LogP contribution is 2.37. The molecule has 1 aromatic heterocycles. The van der Waals surface area contributed by atoms with Gasteiger partial charge >= 0.3 is 0 Å². The molecular weight excluding hydrogens is 300 g/mol. The lowest BCUT2D eigenvalue weighted by Gasteiger charge is -2.04. The third kappa shape index (κ3) is 2.56. The van der Waals surface area contributed by atoms with E-state index in [1.54, 1.807) is 35.6 Å². The number of aromatic hydroxyl groups is 1. The number of phenols is 1. The Kier molecular flexibility index (Phi) is 3.83. The topological polar surface area (TPSA) is 66.8 Å². The van der Waals surface area contributed by atoms with Crippen LogP contribution in [0.5, 0.6) is 11.5 Å². The number of aliphatic hydroxyl groups excluding tert-OH is 1. The van der Waals surface area contributed by atoms with E-state index >= 15 is 0 Å². The normalized spacial score (nSPS) is 10.8. The van der Waals surface area contributed by atoms with Gasteiger partial charge in [-0.2, -0.15) is 0 Å². The van der Waals surface area contributed by atoms with Crippen molar-refractivity contribution < 1.29 is 19.7 Å². The van der Waals surface area contributed by atoms with Crippen LogP contribution < -0.4 is 4.74 Å². The lowest BCUT2D eigenvalue weighted by atomic mass is 10.1. The van der Waals surface area contributed by atoms with Crippen molar-refractivity contribution in [2.45, 2.75) is 0 Å². The number of rotatable bonds is 4. The second-order valence-electron chi connectivity index (χ2n) is 4.83. The van der Waals surface area contributed by atoms with Crippen molar-refractivity contribution in [2.75, 3.05) is 13.7 Å². The van der Waals surface area contributed by atoms with Crippen LogP contribution in [0.2, 0.25) is 0 Å². The van der Waals surface area contributed by atoms with Crippen molar-refractivity contribution in [1.29, 1.82) is 0 Å². The molecule has 1 heterocycles. The molecule has 3 rings (SSSR count). The van der Waals surface area contributed by atoms with Gasteiger partial charge in [-0.25, -0.2) is 0 Å². The number of phenolic OH excluding ortho intramolecular Hbond substituents is 1. The molecule has 0 fully saturated rings. The van der Waals surface area contributed by atoms with Crippen molar-refractivity contribution in [3.05, 3.63) is 48.0 Å². The Hall–Kier alpha value is -2.37. The van der Waals surface area contributed by atoms with Gasteiger partial charge in [0.2, 0.25) is 0 Å². The van der Waals surface area contributed by atoms with Gasteiger partial charge in [0.05, 0.1) is 7.11 Å². The zero-order valence-corrected chi connectivity index (χ0v) is 12.7. The van der Waals surface area contributed by atoms with Gasteiger partial charge in [-0.05, 0) is 41.3 Å². The van der Waals surface area contributed by atoms with Crippen LogP contribution in [0.15, 0.2) is 42.5 Å². The molecule has 22 heavy (non-hydrogen) atoms. The zero-order valence-electron chi connectivity index (χ0n) is 11.9. The van der Waals surface area contributed by atoms with Crippen molar-refractivity contribution in [2.24, 2.45) is 0 Å². The number of fused-ring (bicyclic) bond motifs is 1. The van der Waals surface area contributed by atoms with Gasteiger partial charge in [0.15, 0.2) is 17.3 Å². The Balaban J connectivity index is 2.06. The van der Waals surface area contributed by atoms with E-state index in [0.717, 1.165) is 20.5 Å². The number of carbonyl (C=O) groups is 1. The number of ether oxygens (including phenoxy) is 1. The molecule has 3 aromatic rings. The molecular formula is C17H14O4S. The summed E-state index contributed by atoms with van der Waals surface area (Å²) in [5.41, 5.74) is 1.44. The van der Waals surface area contributed by atoms with Crippen LogP contribution in [0, 0.1) is 0 Å². The standard InChI is InChI=1S/C17H14O4S/c1-21-15-6-11(4-5-13(15)19)17-8-12-3-2-10(14(20)9-18)7-16(12)22-17/h2-8,18-19H,9H2,1H3. The monoisotopic (exact) mass is 314 g/mol. The number of hydrogen-bond acceptors (Lipinski definition) is 5. The van der Waals surface area contributed by atoms with Gasteiger partial charge in [0.25, 0.3) is 0 Å². The molecule has 0 aliphatic rings. The molecule has 0 saturated carbocycles. The Morgan fingerprint density at radius 1 is 1.18 bits per heavy atom. The highest BCUT2D eigenvalue weighted by Gasteiger charge is 2.10. The summed E-state index contributed by atoms with van der Waals surface area (Å²) in [6.07, 6.45) is 0. The van der Waals surface area contributed by atoms with E-state index in [0.29, 0.717) is 11.3 Å². The Labute approximate surface area is 131 Å². The minimum Gasteiger partial charge on any atom is -0.504 e. The van der Waals surface area contributed by atoms with Crippen LogP contribution in [0.1, 0.15) is 10.4 Å². The fraction of sp³-hybridized carbons (Fsp3) is 0.118. The smallest absolute Gasteiger partial charge is 0.188 e. The lowest BCUT2D eigenvalue weighted by molar-refractivity contribution is 0.0904. The summed E-state index contributed by atoms with van der Waals surface area (Å²) in [7, 11) is 1.51. The largest absolute Gasteiger partial charge is 0.504 e. The van der Waals surface area contributed by atoms with Crippen molar-refractivity contribution in [1.82, 2.24) is 0 Å². The molecule has 0 aliphatic carbocycles. The van der Waals surface area contributed by atoms with Crippen LogP contribution in [-0.4, -0.2) is 29.7 Å². The molecule has 0 saturated heterocycles. The van der Waals surface area contributed by atoms with Gasteiger partial charge < -0.3 is 14.9 Å². The molecule has 0 aliphatic heterocycles. The number of hydrogen-bond donors (Lipinski definition) is 2. The average Bonchev–Trinajstić information content (AvgIpc) is 2.97. The minimum atomic E-state index is -0.487. The number of thiophene rings is 1. The van der Waals surface area contributed by atoms with Crippen LogP contribution in [0.25, 0.3) is 20.5 Å². The molecule has 4 nitrogen and oxygen atoms in total. The first-order chi connectivity index (χ1) is 10.6. The maximum atomic E-state index is 11.6. The summed E-state index contributed by atoms with van der Waals surface area (Å²) in [6, 6.07) is 12.6. The fourth-order valence-electron chi connectivity index (χ4n) is 2.27. The van der Waals surface area contributed by atoms with Crippen LogP contribution >= 0.6 is 11.3 Å². The summed E-state index contributed by atoms with van der Waals surface area (Å²) in [6.45, 7) is -0.487. The number of carbonyl (C=O) groups excluding carboxylic acids is 1. The first-order valence-electron chi connectivity index (χ1n) is 6.67. The Bertz CT molecular complexity index is 851. The number of aliphatic hydroxyl groups is 1. The van der Waals surface area contributed by atoms with E-state index < -0.39 is 6.61 Å². The maximum absolute atomic E-state index is 11.6. The molecule has 0 unspecified atom stereocenters. The molecule has 0 spiro atoms. The Morgan fingerprint density at radius 3 is 2.73 bits per heavy atom. The fourth-order valence-corrected chi connectivity index (χ4v) is 3.37. The summed E-state index contributed by atoms with van der Waals surface area (Å²) in [5, 5.41) is 19.6. The minimum absolute atomic E-state index is 0.100. The molecule has 2 N–H and O–H groups in total. The van der Waals surface area contributed by atoms with Gasteiger partial charge in [0.1, 0.15) is 6.61 Å². The van der Waals surface area contributed by atoms with Crippen LogP contribution in [0.3, 0.4) is 0 Å². The first kappa shape index (κ1) is 14.6. The van der Waals surface area contributed by atoms with E-state index in [1.165, 1.54) is 7.11 Å². The zero-order chi connectivity index (χ0) is 15.7. The van der Waals surface area contributed by atoms with E-state index in [2.05, 4.69) is 0 Å². The molecule has 5 heteroatoms. The molecule has 2 aromatic carbocycles. The van der Waals surface area contributed by atoms with Gasteiger partial charge in [0, 0.05) is 15.1 Å². The number of ketones is 1. The molecule has 112 valence electrons. The molecule has 0 bridgehead atoms. The Morgan fingerprint density at radius 2 is 2.00 bits per heavy atom. The van der Waals surface area contributed by atoms with Crippen molar-refractivity contribution in [3.8, 4) is 21.9 Å². The highest BCUT2D eigenvalue weighted by molar-refractivity contribution is 7.22. The van der Waals surface area contributed by atoms with E-state index in [-0.39, 0.29) is 11.5 Å². The van der Waals surface area contributed by atoms with E-state index in [9.17, 15) is 9.90 Å². The second kappa shape index (κ2) is 5.79. The van der Waals surface area contributed by atoms with E-state index in [1.807, 2.05) is 18.2 Å². The van der Waals surface area contributed by atoms with Crippen LogP contribution in [0.4, 0.5) is 0 Å². The van der Waals surface area contributed by atoms with Gasteiger partial charge in [-0.1, -0.05) is 12.1 Å². The van der Waals surface area contributed by atoms with Crippen LogP contribution in [-0.2, 0) is 0 Å². The van der Waals surface area contributed by atoms with Gasteiger partial charge in [-0.3, -0.25) is 4.79 Å². The summed E-state index contributed by atoms with van der Waals surface area (Å²) in [5.74, 6) is 0.234. The summed E-state index contributed by atoms with van der Waals surface area (Å²) in [4.78, 5) is 12.6. The van der Waals surface area contributed by atoms with Gasteiger partial charge in [-0.15, -0.1) is 11.3 Å². The summed E-state index contributed by atoms with van der Waals surface area (Å²) < 4.78 is 6.10. The van der Waals surface area contributed by atoms with E-state index in [4.69, 9.17) is 9.84 Å². The SMILES string of the molecule is COc1cc(-c2cc3ccc(C(=O)CO)cc3s2)ccc1O. The second-order valence-corrected chi connectivity index (χ2v) is 5.91. The third-order valence-corrected chi connectivity index (χ3v) is 4.60. The van der Waals surface area contributed by atoms with Crippen molar-refractivity contribution >= 4 is 27.2 Å². The highest BCUT2D eigenvalue weighted by atomic mass is 32.1. The van der Waals surface area contributed by atoms with Crippen molar-refractivity contribution in [3.63, 3.8) is 0 Å². The molecule has 0 radical (unpaired) electrons.